The molecule has 0 aromatic heterocycles. The van der Waals surface area contributed by atoms with Gasteiger partial charge in [0.25, 0.3) is 0 Å². The normalized spacial score (nSPS) is 20.2. The molecule has 0 spiro atoms. The Kier molecular flexibility index (Phi) is 5.87. The number of alkyl halides is 1. The average Bonchev–Trinajstić information content (AvgIpc) is 2.72. The largest absolute Gasteiger partial charge is 0.341 e. The van der Waals surface area contributed by atoms with E-state index in [0.717, 1.165) is 30.3 Å². The van der Waals surface area contributed by atoms with Crippen molar-refractivity contribution >= 4 is 40.9 Å². The van der Waals surface area contributed by atoms with E-state index < -0.39 is 5.41 Å². The second-order valence-corrected chi connectivity index (χ2v) is 7.96. The highest BCUT2D eigenvalue weighted by atomic mass is 35.5. The molecule has 0 saturated carbocycles. The molecular formula is C16H21Cl2NOS. The van der Waals surface area contributed by atoms with Gasteiger partial charge in [0.2, 0.25) is 5.91 Å². The van der Waals surface area contributed by atoms with Gasteiger partial charge in [0, 0.05) is 35.0 Å². The number of nitrogens with zero attached hydrogens (tertiary/aromatic N) is 1. The van der Waals surface area contributed by atoms with E-state index in [-0.39, 0.29) is 5.91 Å². The number of amides is 1. The molecule has 1 atom stereocenters. The van der Waals surface area contributed by atoms with Crippen molar-refractivity contribution in [3.05, 3.63) is 34.9 Å². The van der Waals surface area contributed by atoms with Crippen LogP contribution in [0.25, 0.3) is 0 Å². The zero-order chi connectivity index (χ0) is 15.5. The number of halogens is 2. The summed E-state index contributed by atoms with van der Waals surface area (Å²) in [6, 6.07) is 7.99. The molecule has 2 nitrogen and oxygen atoms in total. The summed E-state index contributed by atoms with van der Waals surface area (Å²) in [7, 11) is 0. The summed E-state index contributed by atoms with van der Waals surface area (Å²) in [5.41, 5.74) is 0.686. The lowest BCUT2D eigenvalue weighted by Gasteiger charge is -2.29. The van der Waals surface area contributed by atoms with Gasteiger partial charge >= 0.3 is 0 Å². The lowest BCUT2D eigenvalue weighted by molar-refractivity contribution is -0.139. The zero-order valence-electron chi connectivity index (χ0n) is 12.4. The smallest absolute Gasteiger partial charge is 0.229 e. The van der Waals surface area contributed by atoms with Gasteiger partial charge in [0.15, 0.2) is 0 Å². The van der Waals surface area contributed by atoms with Crippen LogP contribution in [0.3, 0.4) is 0 Å². The summed E-state index contributed by atoms with van der Waals surface area (Å²) in [6.45, 7) is 5.37. The fourth-order valence-electron chi connectivity index (χ4n) is 2.44. The van der Waals surface area contributed by atoms with E-state index in [0.29, 0.717) is 11.1 Å². The Labute approximate surface area is 141 Å². The number of hydrogen-bond donors (Lipinski definition) is 0. The molecule has 5 heteroatoms. The molecule has 1 aromatic carbocycles. The summed E-state index contributed by atoms with van der Waals surface area (Å²) in [5, 5.41) is 1.17. The molecule has 1 fully saturated rings. The van der Waals surface area contributed by atoms with Crippen molar-refractivity contribution in [3.8, 4) is 0 Å². The quantitative estimate of drug-likeness (QED) is 0.745. The molecule has 1 aliphatic rings. The average molecular weight is 346 g/mol. The van der Waals surface area contributed by atoms with Crippen LogP contribution in [0.15, 0.2) is 24.3 Å². The predicted octanol–water partition coefficient (Wildman–Crippen LogP) is 4.61. The Morgan fingerprint density at radius 3 is 2.76 bits per heavy atom. The van der Waals surface area contributed by atoms with Crippen LogP contribution in [-0.4, -0.2) is 35.5 Å². The van der Waals surface area contributed by atoms with E-state index in [1.165, 1.54) is 5.56 Å². The fourth-order valence-corrected chi connectivity index (χ4v) is 4.16. The molecule has 116 valence electrons. The fraction of sp³-hybridized carbons (Fsp3) is 0.562. The Hall–Kier alpha value is -0.380. The van der Waals surface area contributed by atoms with Gasteiger partial charge in [-0.25, -0.2) is 0 Å². The first kappa shape index (κ1) is 17.0. The maximum Gasteiger partial charge on any atom is 0.229 e. The monoisotopic (exact) mass is 345 g/mol. The van der Waals surface area contributed by atoms with Crippen LogP contribution >= 0.6 is 35.0 Å². The molecule has 2 rings (SSSR count). The minimum atomic E-state index is -0.490. The first-order valence-electron chi connectivity index (χ1n) is 7.17. The van der Waals surface area contributed by atoms with Crippen LogP contribution in [-0.2, 0) is 4.79 Å². The van der Waals surface area contributed by atoms with E-state index in [1.54, 1.807) is 0 Å². The van der Waals surface area contributed by atoms with E-state index >= 15 is 0 Å². The van der Waals surface area contributed by atoms with Crippen molar-refractivity contribution in [2.75, 3.05) is 24.7 Å². The van der Waals surface area contributed by atoms with Gasteiger partial charge in [-0.05, 0) is 31.9 Å². The highest BCUT2D eigenvalue weighted by Gasteiger charge is 2.32. The first-order chi connectivity index (χ1) is 9.95. The van der Waals surface area contributed by atoms with E-state index in [4.69, 9.17) is 23.2 Å². The van der Waals surface area contributed by atoms with Gasteiger partial charge in [0.05, 0.1) is 5.41 Å². The summed E-state index contributed by atoms with van der Waals surface area (Å²) >= 11 is 14.1. The number of benzene rings is 1. The maximum absolute atomic E-state index is 12.5. The number of carbonyl (C=O) groups is 1. The van der Waals surface area contributed by atoms with Gasteiger partial charge < -0.3 is 4.90 Å². The maximum atomic E-state index is 12.5. The predicted molar refractivity (Wildman–Crippen MR) is 92.3 cm³/mol. The van der Waals surface area contributed by atoms with Crippen LogP contribution in [0, 0.1) is 5.41 Å². The van der Waals surface area contributed by atoms with Gasteiger partial charge in [-0.2, -0.15) is 11.8 Å². The molecule has 1 amide bonds. The van der Waals surface area contributed by atoms with Crippen LogP contribution in [0.1, 0.15) is 31.1 Å². The third kappa shape index (κ3) is 4.08. The summed E-state index contributed by atoms with van der Waals surface area (Å²) < 4.78 is 0. The van der Waals surface area contributed by atoms with Crippen molar-refractivity contribution in [1.29, 1.82) is 0 Å². The van der Waals surface area contributed by atoms with Crippen molar-refractivity contribution in [3.63, 3.8) is 0 Å². The number of hydrogen-bond acceptors (Lipinski definition) is 2. The topological polar surface area (TPSA) is 20.3 Å². The lowest BCUT2D eigenvalue weighted by atomic mass is 9.94. The summed E-state index contributed by atoms with van der Waals surface area (Å²) in [6.07, 6.45) is 0.929. The standard InChI is InChI=1S/C16H21Cl2NOS/c1-16(2,11-17)15(20)19-8-7-14(21-10-9-19)12-5-3-4-6-13(12)18/h3-6,14H,7-11H2,1-2H3. The van der Waals surface area contributed by atoms with Crippen LogP contribution in [0.5, 0.6) is 0 Å². The molecule has 0 bridgehead atoms. The Morgan fingerprint density at radius 1 is 1.38 bits per heavy atom. The Bertz CT molecular complexity index is 507. The first-order valence-corrected chi connectivity index (χ1v) is 9.13. The van der Waals surface area contributed by atoms with Crippen molar-refractivity contribution in [2.45, 2.75) is 25.5 Å². The highest BCUT2D eigenvalue weighted by molar-refractivity contribution is 7.99. The molecule has 1 aliphatic heterocycles. The Morgan fingerprint density at radius 2 is 2.10 bits per heavy atom. The van der Waals surface area contributed by atoms with Crippen LogP contribution < -0.4 is 0 Å². The molecule has 1 aromatic rings. The SMILES string of the molecule is CC(C)(CCl)C(=O)N1CCSC(c2ccccc2Cl)CC1. The molecule has 1 heterocycles. The van der Waals surface area contributed by atoms with Crippen molar-refractivity contribution in [2.24, 2.45) is 5.41 Å². The summed E-state index contributed by atoms with van der Waals surface area (Å²) in [5.74, 6) is 1.43. The van der Waals surface area contributed by atoms with E-state index in [2.05, 4.69) is 6.07 Å². The summed E-state index contributed by atoms with van der Waals surface area (Å²) in [4.78, 5) is 14.5. The molecule has 21 heavy (non-hydrogen) atoms. The molecule has 0 aliphatic carbocycles. The third-order valence-electron chi connectivity index (χ3n) is 3.79. The number of carbonyl (C=O) groups excluding carboxylic acids is 1. The highest BCUT2D eigenvalue weighted by Crippen LogP contribution is 2.38. The third-order valence-corrected chi connectivity index (χ3v) is 6.12. The zero-order valence-corrected chi connectivity index (χ0v) is 14.8. The van der Waals surface area contributed by atoms with Gasteiger partial charge in [-0.15, -0.1) is 11.6 Å². The van der Waals surface area contributed by atoms with Crippen LogP contribution in [0.4, 0.5) is 0 Å². The van der Waals surface area contributed by atoms with Gasteiger partial charge in [0.1, 0.15) is 0 Å². The Balaban J connectivity index is 2.06. The molecule has 0 N–H and O–H groups in total. The van der Waals surface area contributed by atoms with E-state index in [9.17, 15) is 4.79 Å². The number of thioether (sulfide) groups is 1. The van der Waals surface area contributed by atoms with Gasteiger partial charge in [-0.1, -0.05) is 29.8 Å². The number of rotatable bonds is 3. The molecular weight excluding hydrogens is 325 g/mol. The van der Waals surface area contributed by atoms with Crippen molar-refractivity contribution in [1.82, 2.24) is 4.90 Å². The molecule has 1 unspecified atom stereocenters. The van der Waals surface area contributed by atoms with Crippen LogP contribution in [0.2, 0.25) is 5.02 Å². The molecule has 0 radical (unpaired) electrons. The second kappa shape index (κ2) is 7.26. The van der Waals surface area contributed by atoms with E-state index in [1.807, 2.05) is 48.7 Å². The minimum Gasteiger partial charge on any atom is -0.341 e. The lowest BCUT2D eigenvalue weighted by Crippen LogP contribution is -2.43. The van der Waals surface area contributed by atoms with Gasteiger partial charge in [-0.3, -0.25) is 4.79 Å². The molecule has 1 saturated heterocycles. The van der Waals surface area contributed by atoms with Crippen molar-refractivity contribution < 1.29 is 4.79 Å². The minimum absolute atomic E-state index is 0.151. The second-order valence-electron chi connectivity index (χ2n) is 5.98.